The number of benzene rings is 2. The van der Waals surface area contributed by atoms with E-state index in [9.17, 15) is 14.9 Å². The zero-order valence-electron chi connectivity index (χ0n) is 19.9. The first-order valence-electron chi connectivity index (χ1n) is 11.1. The van der Waals surface area contributed by atoms with Crippen LogP contribution in [0.25, 0.3) is 0 Å². The van der Waals surface area contributed by atoms with Crippen LogP contribution in [-0.2, 0) is 33.0 Å². The van der Waals surface area contributed by atoms with Gasteiger partial charge in [0.1, 0.15) is 29.7 Å². The molecule has 1 aromatic heterocycles. The summed E-state index contributed by atoms with van der Waals surface area (Å²) in [5.74, 6) is -4.35. The SMILES string of the molecule is CCOC(Cc1ccc(C#N)cc1OCC(N)=O)(C(N)=O)c1c(F)cc(OCc2ccccn2)cc1F. The van der Waals surface area contributed by atoms with Crippen molar-refractivity contribution in [3.8, 4) is 17.6 Å². The second-order valence-corrected chi connectivity index (χ2v) is 7.86. The van der Waals surface area contributed by atoms with E-state index < -0.39 is 47.6 Å². The summed E-state index contributed by atoms with van der Waals surface area (Å²) in [5.41, 5.74) is 8.70. The first-order valence-corrected chi connectivity index (χ1v) is 11.1. The number of primary amides is 2. The first kappa shape index (κ1) is 27.0. The maximum Gasteiger partial charge on any atom is 0.255 e. The number of halogens is 2. The molecule has 0 saturated carbocycles. The Bertz CT molecular complexity index is 1310. The summed E-state index contributed by atoms with van der Waals surface area (Å²) in [5, 5.41) is 9.22. The molecule has 0 aliphatic rings. The molecule has 4 N–H and O–H groups in total. The van der Waals surface area contributed by atoms with Crippen LogP contribution in [0.15, 0.2) is 54.7 Å². The molecule has 3 rings (SSSR count). The molecule has 0 aliphatic heterocycles. The minimum absolute atomic E-state index is 0.000640. The molecule has 37 heavy (non-hydrogen) atoms. The quantitative estimate of drug-likeness (QED) is 0.380. The lowest BCUT2D eigenvalue weighted by Gasteiger charge is -2.32. The molecule has 0 fully saturated rings. The molecule has 0 spiro atoms. The Morgan fingerprint density at radius 1 is 1.08 bits per heavy atom. The van der Waals surface area contributed by atoms with Gasteiger partial charge in [0.2, 0.25) is 0 Å². The highest BCUT2D eigenvalue weighted by Gasteiger charge is 2.45. The van der Waals surface area contributed by atoms with Crippen LogP contribution in [-0.4, -0.2) is 30.0 Å². The lowest BCUT2D eigenvalue weighted by molar-refractivity contribution is -0.145. The summed E-state index contributed by atoms with van der Waals surface area (Å²) in [7, 11) is 0. The van der Waals surface area contributed by atoms with E-state index in [1.807, 2.05) is 6.07 Å². The van der Waals surface area contributed by atoms with Crippen LogP contribution in [0.5, 0.6) is 11.5 Å². The number of hydrogen-bond acceptors (Lipinski definition) is 7. The number of nitrogens with zero attached hydrogens (tertiary/aromatic N) is 2. The van der Waals surface area contributed by atoms with E-state index >= 15 is 8.78 Å². The van der Waals surface area contributed by atoms with Crippen LogP contribution in [0.4, 0.5) is 8.78 Å². The number of carbonyl (C=O) groups is 2. The van der Waals surface area contributed by atoms with Crippen molar-refractivity contribution in [1.82, 2.24) is 4.98 Å². The van der Waals surface area contributed by atoms with Crippen molar-refractivity contribution in [3.05, 3.63) is 88.7 Å². The number of nitriles is 1. The summed E-state index contributed by atoms with van der Waals surface area (Å²) in [6.45, 7) is 0.817. The molecule has 1 heterocycles. The normalized spacial score (nSPS) is 12.3. The van der Waals surface area contributed by atoms with Crippen LogP contribution in [0, 0.1) is 23.0 Å². The summed E-state index contributed by atoms with van der Waals surface area (Å²) < 4.78 is 47.3. The molecule has 2 amide bonds. The van der Waals surface area contributed by atoms with Crippen LogP contribution in [0.3, 0.4) is 0 Å². The summed E-state index contributed by atoms with van der Waals surface area (Å²) in [6, 6.07) is 13.0. The van der Waals surface area contributed by atoms with E-state index in [2.05, 4.69) is 4.98 Å². The molecule has 1 atom stereocenters. The molecule has 1 unspecified atom stereocenters. The van der Waals surface area contributed by atoms with E-state index in [0.717, 1.165) is 12.1 Å². The van der Waals surface area contributed by atoms with Gasteiger partial charge < -0.3 is 25.7 Å². The molecule has 9 nitrogen and oxygen atoms in total. The van der Waals surface area contributed by atoms with Crippen molar-refractivity contribution < 1.29 is 32.6 Å². The average Bonchev–Trinajstić information content (AvgIpc) is 2.86. The minimum Gasteiger partial charge on any atom is -0.487 e. The standard InChI is InChI=1S/C26H24F2N4O5/c1-2-37-26(25(31)34,12-17-7-6-16(13-29)9-22(17)36-15-23(30)33)24-20(27)10-19(11-21(24)28)35-14-18-5-3-4-8-32-18/h3-11H,2,12,14-15H2,1H3,(H2,30,33)(H2,31,34). The molecule has 2 aromatic carbocycles. The van der Waals surface area contributed by atoms with Gasteiger partial charge in [-0.15, -0.1) is 0 Å². The van der Waals surface area contributed by atoms with Gasteiger partial charge in [0, 0.05) is 31.4 Å². The monoisotopic (exact) mass is 510 g/mol. The number of pyridine rings is 1. The smallest absolute Gasteiger partial charge is 0.255 e. The first-order chi connectivity index (χ1) is 17.7. The third kappa shape index (κ3) is 6.36. The molecule has 11 heteroatoms. The Morgan fingerprint density at radius 3 is 2.38 bits per heavy atom. The van der Waals surface area contributed by atoms with Gasteiger partial charge in [-0.05, 0) is 36.8 Å². The number of amides is 2. The third-order valence-corrected chi connectivity index (χ3v) is 5.33. The second-order valence-electron chi connectivity index (χ2n) is 7.86. The Kier molecular flexibility index (Phi) is 8.71. The van der Waals surface area contributed by atoms with E-state index in [-0.39, 0.29) is 35.8 Å². The highest BCUT2D eigenvalue weighted by molar-refractivity contribution is 5.86. The van der Waals surface area contributed by atoms with Crippen molar-refractivity contribution in [2.45, 2.75) is 25.6 Å². The fraction of sp³-hybridized carbons (Fsp3) is 0.231. The predicted molar refractivity (Wildman–Crippen MR) is 127 cm³/mol. The minimum atomic E-state index is -2.30. The molecule has 3 aromatic rings. The number of hydrogen-bond donors (Lipinski definition) is 2. The van der Waals surface area contributed by atoms with Gasteiger partial charge in [-0.2, -0.15) is 5.26 Å². The Labute approximate surface area is 211 Å². The number of rotatable bonds is 12. The van der Waals surface area contributed by atoms with Gasteiger partial charge in [0.25, 0.3) is 11.8 Å². The number of ether oxygens (including phenoxy) is 3. The van der Waals surface area contributed by atoms with Gasteiger partial charge in [0.05, 0.1) is 22.9 Å². The Hall–Kier alpha value is -4.56. The highest BCUT2D eigenvalue weighted by atomic mass is 19.1. The summed E-state index contributed by atoms with van der Waals surface area (Å²) >= 11 is 0. The number of carbonyl (C=O) groups excluding carboxylic acids is 2. The zero-order valence-corrected chi connectivity index (χ0v) is 19.9. The van der Waals surface area contributed by atoms with E-state index in [1.165, 1.54) is 25.1 Å². The molecule has 0 bridgehead atoms. The largest absolute Gasteiger partial charge is 0.487 e. The summed E-state index contributed by atoms with van der Waals surface area (Å²) in [4.78, 5) is 28.1. The zero-order chi connectivity index (χ0) is 27.0. The summed E-state index contributed by atoms with van der Waals surface area (Å²) in [6.07, 6.45) is 1.08. The van der Waals surface area contributed by atoms with Crippen LogP contribution in [0.2, 0.25) is 0 Å². The van der Waals surface area contributed by atoms with Crippen LogP contribution in [0.1, 0.15) is 29.3 Å². The lowest BCUT2D eigenvalue weighted by atomic mass is 9.84. The molecule has 0 radical (unpaired) electrons. The predicted octanol–water partition coefficient (Wildman–Crippen LogP) is 2.63. The Balaban J connectivity index is 2.04. The highest BCUT2D eigenvalue weighted by Crippen LogP contribution is 2.38. The Morgan fingerprint density at radius 2 is 1.81 bits per heavy atom. The maximum atomic E-state index is 15.4. The van der Waals surface area contributed by atoms with E-state index in [1.54, 1.807) is 24.4 Å². The molecule has 0 aliphatic carbocycles. The molecule has 0 saturated heterocycles. The fourth-order valence-electron chi connectivity index (χ4n) is 3.72. The maximum absolute atomic E-state index is 15.4. The van der Waals surface area contributed by atoms with Crippen LogP contribution < -0.4 is 20.9 Å². The lowest BCUT2D eigenvalue weighted by Crippen LogP contribution is -2.47. The van der Waals surface area contributed by atoms with Crippen molar-refractivity contribution >= 4 is 11.8 Å². The second kappa shape index (κ2) is 11.9. The van der Waals surface area contributed by atoms with Crippen molar-refractivity contribution in [2.75, 3.05) is 13.2 Å². The topological polar surface area (TPSA) is 151 Å². The van der Waals surface area contributed by atoms with Crippen LogP contribution >= 0.6 is 0 Å². The van der Waals surface area contributed by atoms with E-state index in [4.69, 9.17) is 25.7 Å². The van der Waals surface area contributed by atoms with E-state index in [0.29, 0.717) is 5.69 Å². The van der Waals surface area contributed by atoms with Gasteiger partial charge >= 0.3 is 0 Å². The van der Waals surface area contributed by atoms with Crippen molar-refractivity contribution in [2.24, 2.45) is 11.5 Å². The van der Waals surface area contributed by atoms with Crippen molar-refractivity contribution in [1.29, 1.82) is 5.26 Å². The number of aromatic nitrogens is 1. The fourth-order valence-corrected chi connectivity index (χ4v) is 3.72. The van der Waals surface area contributed by atoms with Gasteiger partial charge in [-0.1, -0.05) is 12.1 Å². The number of nitrogens with two attached hydrogens (primary N) is 2. The molecular formula is C26H24F2N4O5. The average molecular weight is 510 g/mol. The van der Waals surface area contributed by atoms with Gasteiger partial charge in [-0.3, -0.25) is 14.6 Å². The third-order valence-electron chi connectivity index (χ3n) is 5.33. The van der Waals surface area contributed by atoms with Gasteiger partial charge in [-0.25, -0.2) is 8.78 Å². The van der Waals surface area contributed by atoms with Gasteiger partial charge in [0.15, 0.2) is 12.2 Å². The molecular weight excluding hydrogens is 486 g/mol. The van der Waals surface area contributed by atoms with Crippen molar-refractivity contribution in [3.63, 3.8) is 0 Å². The molecule has 192 valence electrons.